The maximum absolute atomic E-state index is 3.91. The number of rotatable bonds is 5. The molecule has 0 rings (SSSR count). The molecule has 0 aromatic heterocycles. The topological polar surface area (TPSA) is 24.4 Å². The Balaban J connectivity index is 4.46. The Kier molecular flexibility index (Phi) is 5.39. The fourth-order valence-electron chi connectivity index (χ4n) is 0.923. The molecule has 0 heterocycles. The quantitative estimate of drug-likeness (QED) is 0.471. The van der Waals surface area contributed by atoms with Crippen LogP contribution in [0.25, 0.3) is 0 Å². The second kappa shape index (κ2) is 5.86. The first-order chi connectivity index (χ1) is 5.29. The lowest BCUT2D eigenvalue weighted by molar-refractivity contribution is 0.872. The van der Waals surface area contributed by atoms with E-state index in [1.165, 1.54) is 0 Å². The maximum atomic E-state index is 3.91. The van der Waals surface area contributed by atoms with Gasteiger partial charge in [-0.25, -0.2) is 0 Å². The predicted molar refractivity (Wildman–Crippen MR) is 51.0 cm³/mol. The van der Waals surface area contributed by atoms with Gasteiger partial charge in [0.05, 0.1) is 0 Å². The molecule has 0 saturated heterocycles. The molecule has 1 N–H and O–H groups in total. The third-order valence-electron chi connectivity index (χ3n) is 1.51. The van der Waals surface area contributed by atoms with E-state index in [-0.39, 0.29) is 0 Å². The van der Waals surface area contributed by atoms with Gasteiger partial charge in [-0.15, -0.1) is 0 Å². The summed E-state index contributed by atoms with van der Waals surface area (Å²) >= 11 is 0. The normalized spacial score (nSPS) is 12.2. The molecule has 0 spiro atoms. The van der Waals surface area contributed by atoms with Crippen molar-refractivity contribution < 1.29 is 0 Å². The summed E-state index contributed by atoms with van der Waals surface area (Å²) in [7, 11) is 1.90. The largest absolute Gasteiger partial charge is 0.316 e. The summed E-state index contributed by atoms with van der Waals surface area (Å²) in [5.74, 6) is 0. The van der Waals surface area contributed by atoms with Gasteiger partial charge >= 0.3 is 0 Å². The maximum Gasteiger partial charge on any atom is 0.0438 e. The standard InChI is InChI=1S/C9H16N2/c1-5-8(7-10-3)9(6-2)11-4/h5,10H,1,4,6-7H2,2-3H3/b9-8+. The van der Waals surface area contributed by atoms with E-state index in [9.17, 15) is 0 Å². The van der Waals surface area contributed by atoms with E-state index in [0.717, 1.165) is 24.2 Å². The minimum Gasteiger partial charge on any atom is -0.316 e. The Morgan fingerprint density at radius 1 is 1.64 bits per heavy atom. The van der Waals surface area contributed by atoms with Crippen LogP contribution in [0, 0.1) is 0 Å². The Hall–Kier alpha value is -0.890. The van der Waals surface area contributed by atoms with Gasteiger partial charge in [-0.3, -0.25) is 4.99 Å². The Morgan fingerprint density at radius 2 is 2.27 bits per heavy atom. The minimum atomic E-state index is 0.811. The van der Waals surface area contributed by atoms with Crippen molar-refractivity contribution in [3.05, 3.63) is 23.9 Å². The van der Waals surface area contributed by atoms with Crippen LogP contribution in [0.3, 0.4) is 0 Å². The zero-order valence-corrected chi connectivity index (χ0v) is 7.35. The van der Waals surface area contributed by atoms with Crippen molar-refractivity contribution in [3.63, 3.8) is 0 Å². The van der Waals surface area contributed by atoms with E-state index < -0.39 is 0 Å². The molecular formula is C9H16N2. The number of hydrogen-bond acceptors (Lipinski definition) is 2. The summed E-state index contributed by atoms with van der Waals surface area (Å²) in [5, 5.41) is 3.05. The third kappa shape index (κ3) is 3.14. The fourth-order valence-corrected chi connectivity index (χ4v) is 0.923. The molecule has 0 radical (unpaired) electrons. The van der Waals surface area contributed by atoms with Crippen LogP contribution in [0.4, 0.5) is 0 Å². The van der Waals surface area contributed by atoms with Gasteiger partial charge < -0.3 is 5.32 Å². The van der Waals surface area contributed by atoms with Gasteiger partial charge in [0.1, 0.15) is 0 Å². The summed E-state index contributed by atoms with van der Waals surface area (Å²) in [6.45, 7) is 10.1. The number of aliphatic imine (C=N–C) groups is 1. The SMILES string of the molecule is C=C/C(CNC)=C(/CC)N=C. The molecule has 0 aliphatic rings. The zero-order valence-electron chi connectivity index (χ0n) is 7.35. The first-order valence-electron chi connectivity index (χ1n) is 3.75. The first-order valence-corrected chi connectivity index (χ1v) is 3.75. The van der Waals surface area contributed by atoms with E-state index in [4.69, 9.17) is 0 Å². The monoisotopic (exact) mass is 152 g/mol. The number of nitrogens with zero attached hydrogens (tertiary/aromatic N) is 1. The van der Waals surface area contributed by atoms with Gasteiger partial charge in [0.2, 0.25) is 0 Å². The van der Waals surface area contributed by atoms with Crippen LogP contribution in [0.15, 0.2) is 28.9 Å². The third-order valence-corrected chi connectivity index (χ3v) is 1.51. The molecule has 0 aliphatic heterocycles. The van der Waals surface area contributed by atoms with Crippen molar-refractivity contribution in [1.29, 1.82) is 0 Å². The van der Waals surface area contributed by atoms with Gasteiger partial charge in [0.25, 0.3) is 0 Å². The van der Waals surface area contributed by atoms with Crippen LogP contribution < -0.4 is 5.32 Å². The van der Waals surface area contributed by atoms with Crippen molar-refractivity contribution >= 4 is 6.72 Å². The van der Waals surface area contributed by atoms with Gasteiger partial charge in [-0.1, -0.05) is 19.6 Å². The van der Waals surface area contributed by atoms with Crippen LogP contribution in [0.5, 0.6) is 0 Å². The fraction of sp³-hybridized carbons (Fsp3) is 0.444. The van der Waals surface area contributed by atoms with Crippen LogP contribution >= 0.6 is 0 Å². The highest BCUT2D eigenvalue weighted by atomic mass is 14.8. The van der Waals surface area contributed by atoms with Crippen molar-refractivity contribution in [2.45, 2.75) is 13.3 Å². The van der Waals surface area contributed by atoms with Crippen molar-refractivity contribution in [2.24, 2.45) is 4.99 Å². The zero-order chi connectivity index (χ0) is 8.69. The molecule has 11 heavy (non-hydrogen) atoms. The number of hydrogen-bond donors (Lipinski definition) is 1. The molecule has 0 fully saturated rings. The molecule has 0 aromatic rings. The van der Waals surface area contributed by atoms with E-state index in [1.807, 2.05) is 13.1 Å². The van der Waals surface area contributed by atoms with Crippen molar-refractivity contribution in [3.8, 4) is 0 Å². The molecule has 0 saturated carbocycles. The summed E-state index contributed by atoms with van der Waals surface area (Å²) in [5.41, 5.74) is 2.15. The average Bonchev–Trinajstić information content (AvgIpc) is 2.05. The average molecular weight is 152 g/mol. The van der Waals surface area contributed by atoms with E-state index in [2.05, 4.69) is 30.5 Å². The van der Waals surface area contributed by atoms with Crippen molar-refractivity contribution in [1.82, 2.24) is 5.32 Å². The summed E-state index contributed by atoms with van der Waals surface area (Å²) in [4.78, 5) is 3.91. The second-order valence-electron chi connectivity index (χ2n) is 2.22. The first kappa shape index (κ1) is 10.1. The van der Waals surface area contributed by atoms with E-state index in [0.29, 0.717) is 0 Å². The molecule has 0 bridgehead atoms. The smallest absolute Gasteiger partial charge is 0.0438 e. The van der Waals surface area contributed by atoms with Crippen LogP contribution in [0.2, 0.25) is 0 Å². The predicted octanol–water partition coefficient (Wildman–Crippen LogP) is 1.76. The molecule has 62 valence electrons. The Morgan fingerprint density at radius 3 is 2.55 bits per heavy atom. The van der Waals surface area contributed by atoms with Gasteiger partial charge in [-0.05, 0) is 25.8 Å². The molecule has 0 amide bonds. The van der Waals surface area contributed by atoms with Crippen LogP contribution in [-0.2, 0) is 0 Å². The Bertz CT molecular complexity index is 168. The molecule has 0 unspecified atom stereocenters. The lowest BCUT2D eigenvalue weighted by atomic mass is 10.1. The molecule has 0 atom stereocenters. The summed E-state index contributed by atoms with van der Waals surface area (Å²) in [6, 6.07) is 0. The molecule has 0 aliphatic carbocycles. The molecule has 0 aromatic carbocycles. The lowest BCUT2D eigenvalue weighted by Gasteiger charge is -2.04. The van der Waals surface area contributed by atoms with Gasteiger partial charge in [-0.2, -0.15) is 0 Å². The highest BCUT2D eigenvalue weighted by Gasteiger charge is 1.97. The van der Waals surface area contributed by atoms with Crippen LogP contribution in [-0.4, -0.2) is 20.3 Å². The van der Waals surface area contributed by atoms with Crippen LogP contribution in [0.1, 0.15) is 13.3 Å². The molecular weight excluding hydrogens is 136 g/mol. The van der Waals surface area contributed by atoms with E-state index >= 15 is 0 Å². The van der Waals surface area contributed by atoms with E-state index in [1.54, 1.807) is 0 Å². The second-order valence-corrected chi connectivity index (χ2v) is 2.22. The number of allylic oxidation sites excluding steroid dienone is 1. The number of likely N-dealkylation sites (N-methyl/N-ethyl adjacent to an activating group) is 1. The summed E-state index contributed by atoms with van der Waals surface area (Å²) in [6.07, 6.45) is 2.73. The van der Waals surface area contributed by atoms with Gasteiger partial charge in [0, 0.05) is 12.2 Å². The lowest BCUT2D eigenvalue weighted by Crippen LogP contribution is -2.10. The summed E-state index contributed by atoms with van der Waals surface area (Å²) < 4.78 is 0. The molecule has 2 heteroatoms. The number of nitrogens with one attached hydrogen (secondary N) is 1. The highest BCUT2D eigenvalue weighted by molar-refractivity contribution is 5.34. The van der Waals surface area contributed by atoms with Crippen molar-refractivity contribution in [2.75, 3.05) is 13.6 Å². The van der Waals surface area contributed by atoms with Gasteiger partial charge in [0.15, 0.2) is 0 Å². The minimum absolute atomic E-state index is 0.811. The highest BCUT2D eigenvalue weighted by Crippen LogP contribution is 2.09. The molecule has 2 nitrogen and oxygen atoms in total. The Labute approximate surface area is 68.7 Å².